The molecule has 3 saturated heterocycles. The van der Waals surface area contributed by atoms with Crippen LogP contribution >= 0.6 is 11.8 Å². The van der Waals surface area contributed by atoms with Gasteiger partial charge in [-0.2, -0.15) is 10.2 Å². The van der Waals surface area contributed by atoms with Crippen molar-refractivity contribution in [1.82, 2.24) is 4.90 Å². The van der Waals surface area contributed by atoms with E-state index in [1.54, 1.807) is 66.4 Å². The molecule has 4 rings (SSSR count). The SMILES string of the molecule is CC[C@H]1OC(=O)[C@H](C)[C@@H](OC2C[C@@](C)(OC)[C@@H](O)[C@H](C)O2)[C@H](C)[C@@H](O[C@@H]2O[C@H](C)C[C@H](N(C)C)[C@H]2O)[C@](C)(O)C[C@@H](C)/C(=N\N=C\c2ccc(SC)cc2)[C@H](C)[C@@H](O)[C@]1(C)O. The third-order valence-corrected chi connectivity index (χ3v) is 14.1. The number of hydrogen-bond donors (Lipinski definition) is 5. The molecular weight excluding hydrogens is 807 g/mol. The van der Waals surface area contributed by atoms with Crippen LogP contribution in [0.5, 0.6) is 0 Å². The number of benzene rings is 1. The maximum atomic E-state index is 14.4. The number of carbonyl (C=O) groups is 1. The zero-order valence-electron chi connectivity index (χ0n) is 38.7. The molecule has 3 heterocycles. The molecule has 16 heteroatoms. The highest BCUT2D eigenvalue weighted by Crippen LogP contribution is 2.41. The van der Waals surface area contributed by atoms with Crippen LogP contribution in [0.15, 0.2) is 39.4 Å². The molecule has 5 N–H and O–H groups in total. The van der Waals surface area contributed by atoms with Crippen molar-refractivity contribution in [3.63, 3.8) is 0 Å². The lowest BCUT2D eigenvalue weighted by Gasteiger charge is -2.49. The molecule has 1 aromatic rings. The van der Waals surface area contributed by atoms with Crippen LogP contribution in [0.4, 0.5) is 0 Å². The lowest BCUT2D eigenvalue weighted by Crippen LogP contribution is -2.61. The third kappa shape index (κ3) is 12.0. The first-order valence-electron chi connectivity index (χ1n) is 21.7. The Bertz CT molecular complexity index is 1630. The number of aliphatic hydroxyl groups excluding tert-OH is 3. The molecule has 348 valence electrons. The van der Waals surface area contributed by atoms with Crippen LogP contribution < -0.4 is 0 Å². The van der Waals surface area contributed by atoms with Gasteiger partial charge in [-0.3, -0.25) is 4.79 Å². The van der Waals surface area contributed by atoms with Crippen LogP contribution in [0.2, 0.25) is 0 Å². The van der Waals surface area contributed by atoms with E-state index in [1.165, 1.54) is 14.0 Å². The lowest BCUT2D eigenvalue weighted by atomic mass is 9.73. The van der Waals surface area contributed by atoms with Gasteiger partial charge in [-0.15, -0.1) is 11.8 Å². The summed E-state index contributed by atoms with van der Waals surface area (Å²) in [6, 6.07) is 7.47. The summed E-state index contributed by atoms with van der Waals surface area (Å²) < 4.78 is 37.9. The number of aliphatic hydroxyl groups is 5. The summed E-state index contributed by atoms with van der Waals surface area (Å²) in [7, 11) is 5.24. The molecule has 1 unspecified atom stereocenters. The molecular formula is C45H75N3O12S. The first kappa shape index (κ1) is 51.6. The molecule has 0 aliphatic carbocycles. The zero-order valence-corrected chi connectivity index (χ0v) is 39.5. The summed E-state index contributed by atoms with van der Waals surface area (Å²) in [5.41, 5.74) is -3.57. The van der Waals surface area contributed by atoms with Crippen molar-refractivity contribution < 1.29 is 58.7 Å². The van der Waals surface area contributed by atoms with Crippen molar-refractivity contribution in [3.8, 4) is 0 Å². The molecule has 0 saturated carbocycles. The summed E-state index contributed by atoms with van der Waals surface area (Å²) in [6.45, 7) is 17.2. The molecule has 0 amide bonds. The monoisotopic (exact) mass is 882 g/mol. The van der Waals surface area contributed by atoms with Crippen LogP contribution in [-0.4, -0.2) is 160 Å². The first-order chi connectivity index (χ1) is 28.4. The number of nitrogens with zero attached hydrogens (tertiary/aromatic N) is 3. The van der Waals surface area contributed by atoms with E-state index in [-0.39, 0.29) is 31.4 Å². The highest BCUT2D eigenvalue weighted by Gasteiger charge is 2.53. The second-order valence-electron chi connectivity index (χ2n) is 18.6. The Morgan fingerprint density at radius 2 is 1.57 bits per heavy atom. The Morgan fingerprint density at radius 3 is 2.15 bits per heavy atom. The van der Waals surface area contributed by atoms with E-state index in [4.69, 9.17) is 28.4 Å². The van der Waals surface area contributed by atoms with Gasteiger partial charge in [-0.25, -0.2) is 0 Å². The van der Waals surface area contributed by atoms with Crippen molar-refractivity contribution in [2.75, 3.05) is 27.5 Å². The molecule has 61 heavy (non-hydrogen) atoms. The van der Waals surface area contributed by atoms with E-state index in [2.05, 4.69) is 10.2 Å². The molecule has 3 aliphatic rings. The number of ether oxygens (including phenoxy) is 6. The van der Waals surface area contributed by atoms with Crippen molar-refractivity contribution in [3.05, 3.63) is 29.8 Å². The van der Waals surface area contributed by atoms with Gasteiger partial charge in [0.15, 0.2) is 12.6 Å². The van der Waals surface area contributed by atoms with Crippen molar-refractivity contribution in [1.29, 1.82) is 0 Å². The Labute approximate surface area is 367 Å². The average Bonchev–Trinajstić information content (AvgIpc) is 3.20. The molecule has 0 aromatic heterocycles. The molecule has 3 aliphatic heterocycles. The third-order valence-electron chi connectivity index (χ3n) is 13.4. The summed E-state index contributed by atoms with van der Waals surface area (Å²) in [5, 5.41) is 68.8. The number of methoxy groups -OCH3 is 1. The summed E-state index contributed by atoms with van der Waals surface area (Å²) in [4.78, 5) is 17.4. The number of esters is 1. The van der Waals surface area contributed by atoms with Gasteiger partial charge in [0, 0.05) is 42.0 Å². The Balaban J connectivity index is 1.89. The van der Waals surface area contributed by atoms with Crippen LogP contribution in [0.1, 0.15) is 100 Å². The molecule has 0 radical (unpaired) electrons. The predicted molar refractivity (Wildman–Crippen MR) is 235 cm³/mol. The Kier molecular flexibility index (Phi) is 18.0. The van der Waals surface area contributed by atoms with E-state index in [9.17, 15) is 30.3 Å². The summed E-state index contributed by atoms with van der Waals surface area (Å²) in [6.07, 6.45) is -5.74. The van der Waals surface area contributed by atoms with Crippen molar-refractivity contribution in [2.45, 2.75) is 184 Å². The minimum absolute atomic E-state index is 0.00111. The molecule has 1 aromatic carbocycles. The van der Waals surface area contributed by atoms with Gasteiger partial charge < -0.3 is 58.9 Å². The number of thioether (sulfide) groups is 1. The smallest absolute Gasteiger partial charge is 0.311 e. The van der Waals surface area contributed by atoms with Gasteiger partial charge in [0.05, 0.1) is 53.9 Å². The molecule has 0 bridgehead atoms. The van der Waals surface area contributed by atoms with E-state index < -0.39 is 102 Å². The fraction of sp³-hybridized carbons (Fsp3) is 0.800. The minimum atomic E-state index is -1.95. The maximum Gasteiger partial charge on any atom is 0.311 e. The number of cyclic esters (lactones) is 1. The second kappa shape index (κ2) is 21.3. The van der Waals surface area contributed by atoms with Crippen LogP contribution in [0, 0.1) is 23.7 Å². The Morgan fingerprint density at radius 1 is 0.934 bits per heavy atom. The van der Waals surface area contributed by atoms with Crippen LogP contribution in [0.3, 0.4) is 0 Å². The zero-order chi connectivity index (χ0) is 45.8. The molecule has 3 fully saturated rings. The van der Waals surface area contributed by atoms with Gasteiger partial charge in [-0.1, -0.05) is 39.8 Å². The highest BCUT2D eigenvalue weighted by molar-refractivity contribution is 7.98. The number of rotatable bonds is 10. The van der Waals surface area contributed by atoms with Crippen LogP contribution in [0.25, 0.3) is 0 Å². The van der Waals surface area contributed by atoms with Gasteiger partial charge in [0.1, 0.15) is 23.9 Å². The van der Waals surface area contributed by atoms with Gasteiger partial charge in [0.2, 0.25) is 0 Å². The topological polar surface area (TPSA) is 202 Å². The van der Waals surface area contributed by atoms with E-state index >= 15 is 0 Å². The van der Waals surface area contributed by atoms with E-state index in [1.807, 2.05) is 63.4 Å². The minimum Gasteiger partial charge on any atom is -0.459 e. The van der Waals surface area contributed by atoms with Gasteiger partial charge in [0.25, 0.3) is 0 Å². The fourth-order valence-electron chi connectivity index (χ4n) is 9.46. The maximum absolute atomic E-state index is 14.4. The normalized spacial score (nSPS) is 44.3. The Hall–Kier alpha value is -2.06. The standard InChI is InChI=1S/C45H75N3O12S/c1-15-33-45(10,54)38(50)26(4)35(47-46-23-30-16-18-31(61-14)19-17-30)24(2)21-43(8,53)40(60-42-36(49)32(48(11)12)20-25(3)56-42)27(5)37(28(6)41(52)58-33)59-34-22-44(9,55-13)39(51)29(7)57-34/h16-19,23-29,32-34,36-40,42,49-51,53-54H,15,20-22H2,1-14H3/b46-23+,47-35+/t24-,25-,26+,27+,28-,29+,32+,33-,34?,36-,37+,38-,39+,40-,42+,43-,44-,45-/m1/s1. The molecule has 18 atom stereocenters. The molecule has 0 spiro atoms. The van der Waals surface area contributed by atoms with Crippen molar-refractivity contribution in [2.24, 2.45) is 33.9 Å². The van der Waals surface area contributed by atoms with Gasteiger partial charge in [-0.05, 0) is 105 Å². The molecule has 15 nitrogen and oxygen atoms in total. The van der Waals surface area contributed by atoms with E-state index in [0.717, 1.165) is 10.5 Å². The second-order valence-corrected chi connectivity index (χ2v) is 19.5. The lowest BCUT2D eigenvalue weighted by molar-refractivity contribution is -0.317. The number of likely N-dealkylation sites (N-methyl/N-ethyl adjacent to an activating group) is 1. The van der Waals surface area contributed by atoms with Gasteiger partial charge >= 0.3 is 5.97 Å². The average molecular weight is 882 g/mol. The first-order valence-corrected chi connectivity index (χ1v) is 22.9. The summed E-state index contributed by atoms with van der Waals surface area (Å²) >= 11 is 1.62. The fourth-order valence-corrected chi connectivity index (χ4v) is 9.87. The summed E-state index contributed by atoms with van der Waals surface area (Å²) in [5.74, 6) is -4.03. The largest absolute Gasteiger partial charge is 0.459 e. The quantitative estimate of drug-likeness (QED) is 0.0958. The van der Waals surface area contributed by atoms with Crippen molar-refractivity contribution >= 4 is 29.7 Å². The number of hydrogen-bond acceptors (Lipinski definition) is 16. The highest BCUT2D eigenvalue weighted by atomic mass is 32.2. The van der Waals surface area contributed by atoms with Crippen LogP contribution in [-0.2, 0) is 33.2 Å². The number of carbonyl (C=O) groups excluding carboxylic acids is 1. The van der Waals surface area contributed by atoms with E-state index in [0.29, 0.717) is 12.1 Å². The predicted octanol–water partition coefficient (Wildman–Crippen LogP) is 4.41.